The van der Waals surface area contributed by atoms with Gasteiger partial charge < -0.3 is 10.6 Å². The molecule has 4 nitrogen and oxygen atoms in total. The maximum atomic E-state index is 12.0. The van der Waals surface area contributed by atoms with Gasteiger partial charge in [0, 0.05) is 3.57 Å². The molecule has 0 radical (unpaired) electrons. The first-order valence-electron chi connectivity index (χ1n) is 5.45. The van der Waals surface area contributed by atoms with Crippen LogP contribution in [0, 0.1) is 10.5 Å². The van der Waals surface area contributed by atoms with Gasteiger partial charge in [-0.2, -0.15) is 0 Å². The molecule has 90 valence electrons. The summed E-state index contributed by atoms with van der Waals surface area (Å²) in [6, 6.07) is 3.19. The first kappa shape index (κ1) is 12.3. The first-order valence-corrected chi connectivity index (χ1v) is 6.53. The second-order valence-electron chi connectivity index (χ2n) is 4.04. The molecule has 2 N–H and O–H groups in total. The SMILES string of the molecule is CCC1NC(=O)c2ccc(C)c(I)c2NC1=O. The van der Waals surface area contributed by atoms with Gasteiger partial charge in [-0.05, 0) is 47.6 Å². The van der Waals surface area contributed by atoms with Crippen LogP contribution in [0.3, 0.4) is 0 Å². The molecular formula is C12H13IN2O2. The molecule has 0 fully saturated rings. The van der Waals surface area contributed by atoms with E-state index in [2.05, 4.69) is 33.2 Å². The van der Waals surface area contributed by atoms with Gasteiger partial charge in [0.1, 0.15) is 6.04 Å². The molecule has 1 atom stereocenters. The van der Waals surface area contributed by atoms with Gasteiger partial charge in [0.2, 0.25) is 5.91 Å². The summed E-state index contributed by atoms with van der Waals surface area (Å²) < 4.78 is 0.917. The Bertz CT molecular complexity index is 500. The van der Waals surface area contributed by atoms with Crippen LogP contribution in [-0.2, 0) is 4.79 Å². The van der Waals surface area contributed by atoms with E-state index in [1.54, 1.807) is 6.07 Å². The third-order valence-corrected chi connectivity index (χ3v) is 4.25. The van der Waals surface area contributed by atoms with Gasteiger partial charge in [0.15, 0.2) is 0 Å². The van der Waals surface area contributed by atoms with Gasteiger partial charge >= 0.3 is 0 Å². The minimum atomic E-state index is -0.453. The third-order valence-electron chi connectivity index (χ3n) is 2.86. The van der Waals surface area contributed by atoms with Crippen LogP contribution in [0.15, 0.2) is 12.1 Å². The molecule has 0 saturated heterocycles. The van der Waals surface area contributed by atoms with Crippen molar-refractivity contribution in [3.63, 3.8) is 0 Å². The number of amides is 2. The summed E-state index contributed by atoms with van der Waals surface area (Å²) in [5, 5.41) is 5.56. The summed E-state index contributed by atoms with van der Waals surface area (Å²) in [6.45, 7) is 3.82. The lowest BCUT2D eigenvalue weighted by molar-refractivity contribution is -0.117. The Labute approximate surface area is 113 Å². The van der Waals surface area contributed by atoms with Gasteiger partial charge in [-0.15, -0.1) is 0 Å². The van der Waals surface area contributed by atoms with E-state index in [1.165, 1.54) is 0 Å². The molecule has 5 heteroatoms. The van der Waals surface area contributed by atoms with E-state index < -0.39 is 6.04 Å². The Morgan fingerprint density at radius 1 is 1.35 bits per heavy atom. The number of rotatable bonds is 1. The van der Waals surface area contributed by atoms with Gasteiger partial charge in [-0.3, -0.25) is 9.59 Å². The molecule has 1 aliphatic rings. The molecule has 1 aromatic carbocycles. The van der Waals surface area contributed by atoms with Crippen LogP contribution in [0.25, 0.3) is 0 Å². The molecule has 2 amide bonds. The summed E-state index contributed by atoms with van der Waals surface area (Å²) in [4.78, 5) is 23.9. The Morgan fingerprint density at radius 3 is 2.71 bits per heavy atom. The minimum absolute atomic E-state index is 0.150. The molecule has 1 aromatic rings. The number of nitrogens with one attached hydrogen (secondary N) is 2. The number of carbonyl (C=O) groups is 2. The molecule has 1 unspecified atom stereocenters. The molecule has 17 heavy (non-hydrogen) atoms. The van der Waals surface area contributed by atoms with Crippen molar-refractivity contribution in [1.82, 2.24) is 5.32 Å². The lowest BCUT2D eigenvalue weighted by atomic mass is 10.1. The van der Waals surface area contributed by atoms with Crippen LogP contribution in [0.2, 0.25) is 0 Å². The van der Waals surface area contributed by atoms with Crippen LogP contribution >= 0.6 is 22.6 Å². The molecule has 0 aromatic heterocycles. The largest absolute Gasteiger partial charge is 0.340 e. The lowest BCUT2D eigenvalue weighted by Crippen LogP contribution is -2.40. The predicted octanol–water partition coefficient (Wildman–Crippen LogP) is 2.06. The van der Waals surface area contributed by atoms with Crippen LogP contribution in [0.5, 0.6) is 0 Å². The number of carbonyl (C=O) groups excluding carboxylic acids is 2. The van der Waals surface area contributed by atoms with E-state index in [1.807, 2.05) is 19.9 Å². The zero-order chi connectivity index (χ0) is 12.6. The van der Waals surface area contributed by atoms with Crippen molar-refractivity contribution in [2.75, 3.05) is 5.32 Å². The monoisotopic (exact) mass is 344 g/mol. The minimum Gasteiger partial charge on any atom is -0.340 e. The lowest BCUT2D eigenvalue weighted by Gasteiger charge is -2.11. The quantitative estimate of drug-likeness (QED) is 0.767. The highest BCUT2D eigenvalue weighted by atomic mass is 127. The van der Waals surface area contributed by atoms with Crippen LogP contribution in [-0.4, -0.2) is 17.9 Å². The van der Waals surface area contributed by atoms with E-state index in [4.69, 9.17) is 0 Å². The van der Waals surface area contributed by atoms with E-state index in [0.717, 1.165) is 9.13 Å². The van der Waals surface area contributed by atoms with Crippen LogP contribution in [0.1, 0.15) is 29.3 Å². The van der Waals surface area contributed by atoms with Crippen LogP contribution < -0.4 is 10.6 Å². The van der Waals surface area contributed by atoms with E-state index >= 15 is 0 Å². The first-order chi connectivity index (χ1) is 8.04. The standard InChI is InChI=1S/C12H13IN2O2/c1-3-8-12(17)15-10-7(11(16)14-8)5-4-6(2)9(10)13/h4-5,8H,3H2,1-2H3,(H,14,16)(H,15,17). The summed E-state index contributed by atoms with van der Waals surface area (Å²) in [7, 11) is 0. The van der Waals surface area contributed by atoms with Crippen molar-refractivity contribution in [2.24, 2.45) is 0 Å². The number of anilines is 1. The number of halogens is 1. The molecule has 0 aliphatic carbocycles. The predicted molar refractivity (Wildman–Crippen MR) is 74.1 cm³/mol. The number of hydrogen-bond acceptors (Lipinski definition) is 2. The fraction of sp³-hybridized carbons (Fsp3) is 0.333. The Balaban J connectivity index is 2.54. The average Bonchev–Trinajstić information content (AvgIpc) is 2.42. The highest BCUT2D eigenvalue weighted by Crippen LogP contribution is 2.28. The second-order valence-corrected chi connectivity index (χ2v) is 5.12. The summed E-state index contributed by atoms with van der Waals surface area (Å²) in [5.41, 5.74) is 2.21. The molecule has 0 spiro atoms. The average molecular weight is 344 g/mol. The fourth-order valence-electron chi connectivity index (χ4n) is 1.79. The van der Waals surface area contributed by atoms with Gasteiger partial charge in [0.25, 0.3) is 5.91 Å². The van der Waals surface area contributed by atoms with Crippen molar-refractivity contribution in [3.8, 4) is 0 Å². The third kappa shape index (κ3) is 2.15. The fourth-order valence-corrected chi connectivity index (χ4v) is 2.40. The summed E-state index contributed by atoms with van der Waals surface area (Å²) in [5.74, 6) is -0.341. The highest BCUT2D eigenvalue weighted by molar-refractivity contribution is 14.1. The zero-order valence-electron chi connectivity index (χ0n) is 9.63. The Kier molecular flexibility index (Phi) is 3.37. The second kappa shape index (κ2) is 4.64. The number of aryl methyl sites for hydroxylation is 1. The number of hydrogen-bond donors (Lipinski definition) is 2. The molecular weight excluding hydrogens is 331 g/mol. The summed E-state index contributed by atoms with van der Waals surface area (Å²) >= 11 is 2.15. The topological polar surface area (TPSA) is 58.2 Å². The Morgan fingerprint density at radius 2 is 2.06 bits per heavy atom. The molecule has 1 aliphatic heterocycles. The molecule has 0 bridgehead atoms. The summed E-state index contributed by atoms with van der Waals surface area (Å²) in [6.07, 6.45) is 0.584. The van der Waals surface area contributed by atoms with Crippen LogP contribution in [0.4, 0.5) is 5.69 Å². The number of benzene rings is 1. The van der Waals surface area contributed by atoms with Crippen molar-refractivity contribution in [1.29, 1.82) is 0 Å². The molecule has 0 saturated carbocycles. The van der Waals surface area contributed by atoms with Gasteiger partial charge in [-0.25, -0.2) is 0 Å². The van der Waals surface area contributed by atoms with E-state index in [-0.39, 0.29) is 11.8 Å². The van der Waals surface area contributed by atoms with Crippen molar-refractivity contribution in [3.05, 3.63) is 26.8 Å². The Hall–Kier alpha value is -1.11. The highest BCUT2D eigenvalue weighted by Gasteiger charge is 2.27. The van der Waals surface area contributed by atoms with Crippen molar-refractivity contribution >= 4 is 40.1 Å². The normalized spacial score (nSPS) is 19.1. The maximum Gasteiger partial charge on any atom is 0.254 e. The maximum absolute atomic E-state index is 12.0. The van der Waals surface area contributed by atoms with Gasteiger partial charge in [-0.1, -0.05) is 13.0 Å². The van der Waals surface area contributed by atoms with E-state index in [0.29, 0.717) is 17.7 Å². The number of fused-ring (bicyclic) bond motifs is 1. The smallest absolute Gasteiger partial charge is 0.254 e. The zero-order valence-corrected chi connectivity index (χ0v) is 11.8. The molecule has 1 heterocycles. The van der Waals surface area contributed by atoms with Crippen molar-refractivity contribution < 1.29 is 9.59 Å². The van der Waals surface area contributed by atoms with E-state index in [9.17, 15) is 9.59 Å². The van der Waals surface area contributed by atoms with Gasteiger partial charge in [0.05, 0.1) is 11.3 Å². The van der Waals surface area contributed by atoms with Crippen molar-refractivity contribution in [2.45, 2.75) is 26.3 Å². The molecule has 2 rings (SSSR count).